The van der Waals surface area contributed by atoms with Crippen molar-refractivity contribution < 1.29 is 118 Å². The smallest absolute Gasteiger partial charge is 0.326 e. The molecule has 125 heavy (non-hydrogen) atoms. The van der Waals surface area contributed by atoms with Gasteiger partial charge in [0.15, 0.2) is 17.3 Å². The maximum absolute atomic E-state index is 14.8. The predicted molar refractivity (Wildman–Crippen MR) is 466 cm³/mol. The molecule has 0 saturated carbocycles. The highest BCUT2D eigenvalue weighted by Crippen LogP contribution is 2.48. The Morgan fingerprint density at radius 3 is 1.68 bits per heavy atom. The van der Waals surface area contributed by atoms with E-state index in [1.807, 2.05) is 60.7 Å². The monoisotopic (exact) mass is 1760 g/mol. The van der Waals surface area contributed by atoms with Gasteiger partial charge in [0.05, 0.1) is 29.0 Å². The number of amides is 5. The molecule has 2 heterocycles. The third kappa shape index (κ3) is 31.1. The molecule has 1 aliphatic carbocycles. The zero-order valence-corrected chi connectivity index (χ0v) is 72.4. The Morgan fingerprint density at radius 1 is 0.496 bits per heavy atom. The van der Waals surface area contributed by atoms with Gasteiger partial charge in [0.2, 0.25) is 23.4 Å². The SMILES string of the molecule is CC1(C)C(/C=C/C2=C(Oc3ccc(C[C@H](NC(=O)[C@H](CCC(=O)O)CC(=O)[C@H](CCC(=O)O)NC(=O)[C@@H](CC(=O)[C@H](Cc4ccccc4)NC(=O)CCCCC(=O)CC[C@H](NC(=O)NCCCC(=O)O)C(=O)O)Cc4ccccc4)C(=O)O)cc3)C(=C/C=C3/N(CCCCS(=O)(=O)O)c4ccccc4C3(C)C)/CCC2)=[N+](CCCCS(=O)(=O)O)c2ccccc21. The fraction of sp³-hybridized carbons (Fsp3) is 0.446. The second-order valence-electron chi connectivity index (χ2n) is 32.8. The minimum atomic E-state index is -4.20. The lowest BCUT2D eigenvalue weighted by atomic mass is 9.81. The molecule has 0 unspecified atom stereocenters. The summed E-state index contributed by atoms with van der Waals surface area (Å²) in [7, 11) is -8.39. The van der Waals surface area contributed by atoms with E-state index in [0.29, 0.717) is 73.4 Å². The standard InChI is InChI=1S/C92H113N7O24S2/c1-91(2)69-30-12-14-32-75(69)98(51-17-19-53-124(117,118)119)79(91)46-38-63-27-21-28-64(39-47-80-92(3,4)70-31-13-15-33-76(70)99(80)52-18-20-54-125(120,121)122)85(63)123-68-42-36-62(37-43-68)57-74(89(114)115)96-86(110)65(40-48-83(106)107)58-77(101)71(45-49-84(108)109)95-87(111)66(55-60-23-7-5-8-24-60)59-78(102)73(56-61-25-9-6-10-26-61)94-81(103)34-16-11-29-67(100)41-44-72(88(112)113)97-90(116)93-50-22-35-82(104)105/h5-10,12-15,23-26,30-33,36-39,42-43,46-47,65-66,71-74H,11,16-22,27-29,34-35,40-41,44-45,48-59H2,1-4H3,(H11-,93,94,95,96,97,103,104,105,106,107,108,109,110,111,112,113,114,115,116,117,118,119,120,121,122)/p+1/t65-,66-,71+,72+,73+,74+/m1/s1. The molecule has 0 radical (unpaired) electrons. The molecule has 33 heteroatoms. The fourth-order valence-electron chi connectivity index (χ4n) is 15.8. The minimum Gasteiger partial charge on any atom is -0.481 e. The lowest BCUT2D eigenvalue weighted by Gasteiger charge is -2.27. The van der Waals surface area contributed by atoms with Gasteiger partial charge in [-0.1, -0.05) is 129 Å². The maximum Gasteiger partial charge on any atom is 0.326 e. The number of aliphatic carboxylic acids is 5. The van der Waals surface area contributed by atoms with Crippen molar-refractivity contribution >= 4 is 108 Å². The Morgan fingerprint density at radius 2 is 1.04 bits per heavy atom. The summed E-state index contributed by atoms with van der Waals surface area (Å²) in [5.74, 6) is -13.8. The first-order chi connectivity index (χ1) is 59.3. The number of fused-ring (bicyclic) bond motifs is 2. The summed E-state index contributed by atoms with van der Waals surface area (Å²) in [6, 6.07) is 32.7. The van der Waals surface area contributed by atoms with E-state index in [0.717, 1.165) is 45.1 Å². The summed E-state index contributed by atoms with van der Waals surface area (Å²) in [6.07, 6.45) is 6.59. The lowest BCUT2D eigenvalue weighted by molar-refractivity contribution is -0.438. The Kier molecular flexibility index (Phi) is 36.9. The Bertz CT molecular complexity index is 5120. The fourth-order valence-corrected chi connectivity index (χ4v) is 17.0. The first-order valence-electron chi connectivity index (χ1n) is 42.1. The first kappa shape index (κ1) is 98.6. The van der Waals surface area contributed by atoms with Crippen molar-refractivity contribution in [3.8, 4) is 5.75 Å². The highest BCUT2D eigenvalue weighted by atomic mass is 32.2. The molecule has 31 nitrogen and oxygen atoms in total. The predicted octanol–water partition coefficient (Wildman–Crippen LogP) is 11.1. The van der Waals surface area contributed by atoms with Gasteiger partial charge in [-0.2, -0.15) is 21.4 Å². The Balaban J connectivity index is 0.999. The molecule has 8 rings (SSSR count). The van der Waals surface area contributed by atoms with Crippen LogP contribution in [-0.4, -0.2) is 188 Å². The zero-order valence-electron chi connectivity index (χ0n) is 70.8. The van der Waals surface area contributed by atoms with Crippen LogP contribution in [0.1, 0.15) is 190 Å². The quantitative estimate of drug-likeness (QED) is 0.00977. The first-order valence-corrected chi connectivity index (χ1v) is 45.3. The molecule has 0 fully saturated rings. The summed E-state index contributed by atoms with van der Waals surface area (Å²) in [5, 5.41) is 61.6. The number of nitrogens with one attached hydrogen (secondary N) is 5. The molecule has 2 aliphatic heterocycles. The third-order valence-corrected chi connectivity index (χ3v) is 24.1. The van der Waals surface area contributed by atoms with Crippen molar-refractivity contribution in [3.05, 3.63) is 208 Å². The van der Waals surface area contributed by atoms with E-state index in [-0.39, 0.29) is 95.8 Å². The number of urea groups is 1. The molecule has 6 atom stereocenters. The number of ether oxygens (including phenoxy) is 1. The summed E-state index contributed by atoms with van der Waals surface area (Å²) in [6.45, 7) is 9.28. The number of hydrogen-bond donors (Lipinski definition) is 12. The number of para-hydroxylation sites is 2. The highest BCUT2D eigenvalue weighted by Gasteiger charge is 2.45. The van der Waals surface area contributed by atoms with Crippen molar-refractivity contribution in [1.29, 1.82) is 0 Å². The van der Waals surface area contributed by atoms with E-state index in [9.17, 15) is 104 Å². The van der Waals surface area contributed by atoms with Crippen molar-refractivity contribution in [1.82, 2.24) is 26.6 Å². The third-order valence-electron chi connectivity index (χ3n) is 22.5. The van der Waals surface area contributed by atoms with Gasteiger partial charge < -0.3 is 61.8 Å². The van der Waals surface area contributed by atoms with Crippen LogP contribution >= 0.6 is 0 Å². The number of anilines is 1. The number of nitrogens with zero attached hydrogens (tertiary/aromatic N) is 2. The van der Waals surface area contributed by atoms with Crippen LogP contribution in [0, 0.1) is 11.8 Å². The molecule has 0 bridgehead atoms. The van der Waals surface area contributed by atoms with Gasteiger partial charge in [-0.05, 0) is 167 Å². The normalized spacial score (nSPS) is 16.2. The van der Waals surface area contributed by atoms with Gasteiger partial charge in [0, 0.05) is 124 Å². The van der Waals surface area contributed by atoms with E-state index < -0.39 is 182 Å². The van der Waals surface area contributed by atoms with E-state index in [1.54, 1.807) is 84.9 Å². The van der Waals surface area contributed by atoms with Gasteiger partial charge in [-0.15, -0.1) is 0 Å². The van der Waals surface area contributed by atoms with Gasteiger partial charge in [-0.3, -0.25) is 52.3 Å². The van der Waals surface area contributed by atoms with Crippen LogP contribution < -0.4 is 36.2 Å². The zero-order chi connectivity index (χ0) is 91.2. The highest BCUT2D eigenvalue weighted by molar-refractivity contribution is 7.86. The average Bonchev–Trinajstić information content (AvgIpc) is 1.59. The molecule has 5 aromatic carbocycles. The number of hydrogen-bond acceptors (Lipinski definition) is 18. The van der Waals surface area contributed by atoms with E-state index >= 15 is 0 Å². The van der Waals surface area contributed by atoms with Crippen LogP contribution in [0.2, 0.25) is 0 Å². The molecule has 0 spiro atoms. The maximum atomic E-state index is 14.8. The second kappa shape index (κ2) is 46.8. The molecule has 3 aliphatic rings. The van der Waals surface area contributed by atoms with Gasteiger partial charge in [0.1, 0.15) is 35.9 Å². The molecular weight excluding hydrogens is 1650 g/mol. The summed E-state index contributed by atoms with van der Waals surface area (Å²) >= 11 is 0. The number of carbonyl (C=O) groups is 12. The molecule has 5 aromatic rings. The number of rotatable bonds is 53. The number of ketones is 3. The molecule has 672 valence electrons. The molecule has 0 aromatic heterocycles. The van der Waals surface area contributed by atoms with E-state index in [1.165, 1.54) is 0 Å². The largest absolute Gasteiger partial charge is 0.481 e. The van der Waals surface area contributed by atoms with Crippen molar-refractivity contribution in [2.45, 2.75) is 217 Å². The van der Waals surface area contributed by atoms with Crippen LogP contribution in [0.15, 0.2) is 180 Å². The van der Waals surface area contributed by atoms with E-state index in [2.05, 4.69) is 75.9 Å². The van der Waals surface area contributed by atoms with Gasteiger partial charge in [0.25, 0.3) is 20.2 Å². The summed E-state index contributed by atoms with van der Waals surface area (Å²) < 4.78 is 75.4. The number of carboxylic acid groups (broad SMARTS) is 5. The molecular formula is C92H114N7O24S2+. The Hall–Kier alpha value is -11.8. The average molecular weight is 1770 g/mol. The van der Waals surface area contributed by atoms with Crippen LogP contribution in [0.5, 0.6) is 5.75 Å². The van der Waals surface area contributed by atoms with Crippen molar-refractivity contribution in [2.75, 3.05) is 36.0 Å². The van der Waals surface area contributed by atoms with Crippen molar-refractivity contribution in [2.24, 2.45) is 11.8 Å². The number of carboxylic acids is 5. The lowest BCUT2D eigenvalue weighted by Crippen LogP contribution is -2.49. The van der Waals surface area contributed by atoms with Gasteiger partial charge >= 0.3 is 35.9 Å². The van der Waals surface area contributed by atoms with E-state index in [4.69, 9.17) is 9.84 Å². The molecule has 0 saturated heterocycles. The minimum absolute atomic E-state index is 0.0270. The molecule has 5 amide bonds. The topological polar surface area (TPSA) is 490 Å². The number of unbranched alkanes of at least 4 members (excludes halogenated alkanes) is 3. The molecule has 12 N–H and O–H groups in total. The van der Waals surface area contributed by atoms with Gasteiger partial charge in [-0.25, -0.2) is 14.4 Å². The van der Waals surface area contributed by atoms with Crippen molar-refractivity contribution in [3.63, 3.8) is 0 Å². The summed E-state index contributed by atoms with van der Waals surface area (Å²) in [4.78, 5) is 160. The van der Waals surface area contributed by atoms with Crippen LogP contribution in [0.25, 0.3) is 0 Å². The number of allylic oxidation sites excluding steroid dienone is 7. The van der Waals surface area contributed by atoms with Crippen LogP contribution in [-0.2, 0) is 103 Å². The second-order valence-corrected chi connectivity index (χ2v) is 36.0. The van der Waals surface area contributed by atoms with Crippen LogP contribution in [0.3, 0.4) is 0 Å². The number of carbonyl (C=O) groups excluding carboxylic acids is 7. The van der Waals surface area contributed by atoms with Crippen LogP contribution in [0.4, 0.5) is 16.2 Å². The summed E-state index contributed by atoms with van der Waals surface area (Å²) in [5.41, 5.74) is 8.05. The number of benzene rings is 5. The Labute approximate surface area is 727 Å². The number of Topliss-reactive ketones (excluding diaryl/α,β-unsaturated/α-hetero) is 3.